The van der Waals surface area contributed by atoms with Gasteiger partial charge < -0.3 is 10.4 Å². The second-order valence-electron chi connectivity index (χ2n) is 5.99. The van der Waals surface area contributed by atoms with Crippen molar-refractivity contribution in [2.75, 3.05) is 5.88 Å². The average Bonchev–Trinajstić information content (AvgIpc) is 2.82. The lowest BCUT2D eigenvalue weighted by Gasteiger charge is -2.18. The molecule has 130 valence electrons. The van der Waals surface area contributed by atoms with Crippen molar-refractivity contribution >= 4 is 17.5 Å². The molecule has 2 unspecified atom stereocenters. The van der Waals surface area contributed by atoms with Crippen LogP contribution in [0.4, 0.5) is 0 Å². The van der Waals surface area contributed by atoms with Gasteiger partial charge in [0, 0.05) is 17.6 Å². The van der Waals surface area contributed by atoms with E-state index in [4.69, 9.17) is 11.6 Å². The van der Waals surface area contributed by atoms with Gasteiger partial charge in [0.05, 0.1) is 23.9 Å². The molecule has 1 aromatic heterocycles. The number of nitrogens with one attached hydrogen (secondary N) is 1. The predicted molar refractivity (Wildman–Crippen MR) is 95.4 cm³/mol. The Kier molecular flexibility index (Phi) is 6.40. The van der Waals surface area contributed by atoms with Gasteiger partial charge in [0.25, 0.3) is 5.91 Å². The lowest BCUT2D eigenvalue weighted by atomic mass is 10.0. The maximum Gasteiger partial charge on any atom is 0.255 e. The summed E-state index contributed by atoms with van der Waals surface area (Å²) >= 11 is 5.76. The largest absolute Gasteiger partial charge is 0.388 e. The molecule has 0 fully saturated rings. The van der Waals surface area contributed by atoms with Crippen molar-refractivity contribution in [2.24, 2.45) is 0 Å². The molecule has 0 spiro atoms. The molecule has 1 heterocycles. The highest BCUT2D eigenvalue weighted by Gasteiger charge is 2.21. The fourth-order valence-corrected chi connectivity index (χ4v) is 2.98. The third kappa shape index (κ3) is 4.36. The van der Waals surface area contributed by atoms with E-state index in [1.54, 1.807) is 4.68 Å². The minimum atomic E-state index is -0.609. The predicted octanol–water partition coefficient (Wildman–Crippen LogP) is 2.98. The Morgan fingerprint density at radius 3 is 2.62 bits per heavy atom. The van der Waals surface area contributed by atoms with Gasteiger partial charge in [-0.05, 0) is 32.8 Å². The molecule has 2 aromatic rings. The van der Waals surface area contributed by atoms with Gasteiger partial charge in [-0.1, -0.05) is 30.3 Å². The fraction of sp³-hybridized carbons (Fsp3) is 0.444. The van der Waals surface area contributed by atoms with E-state index in [9.17, 15) is 9.90 Å². The summed E-state index contributed by atoms with van der Waals surface area (Å²) < 4.78 is 1.75. The number of rotatable bonds is 7. The zero-order valence-corrected chi connectivity index (χ0v) is 15.0. The Bertz CT molecular complexity index is 685. The Morgan fingerprint density at radius 2 is 2.00 bits per heavy atom. The highest BCUT2D eigenvalue weighted by atomic mass is 35.5. The van der Waals surface area contributed by atoms with Crippen molar-refractivity contribution in [3.63, 3.8) is 0 Å². The summed E-state index contributed by atoms with van der Waals surface area (Å²) in [5.74, 6) is 0.279. The summed E-state index contributed by atoms with van der Waals surface area (Å²) in [6, 6.07) is 9.28. The van der Waals surface area contributed by atoms with Gasteiger partial charge in [-0.2, -0.15) is 5.10 Å². The number of hydrogen-bond donors (Lipinski definition) is 2. The van der Waals surface area contributed by atoms with E-state index in [-0.39, 0.29) is 11.9 Å². The van der Waals surface area contributed by atoms with E-state index in [1.807, 2.05) is 51.1 Å². The van der Waals surface area contributed by atoms with E-state index in [1.165, 1.54) is 0 Å². The number of alkyl halides is 1. The van der Waals surface area contributed by atoms with Crippen LogP contribution in [0.1, 0.15) is 46.8 Å². The van der Waals surface area contributed by atoms with Crippen LogP contribution in [0.25, 0.3) is 0 Å². The van der Waals surface area contributed by atoms with Gasteiger partial charge in [-0.3, -0.25) is 9.48 Å². The van der Waals surface area contributed by atoms with Crippen LogP contribution in [0.2, 0.25) is 0 Å². The normalized spacial score (nSPS) is 13.5. The molecule has 24 heavy (non-hydrogen) atoms. The van der Waals surface area contributed by atoms with E-state index >= 15 is 0 Å². The first kappa shape index (κ1) is 18.5. The molecular weight excluding hydrogens is 326 g/mol. The highest BCUT2D eigenvalue weighted by Crippen LogP contribution is 2.19. The summed E-state index contributed by atoms with van der Waals surface area (Å²) in [7, 11) is 0. The first-order valence-electron chi connectivity index (χ1n) is 8.07. The maximum atomic E-state index is 12.6. The maximum absolute atomic E-state index is 12.6. The molecule has 0 saturated heterocycles. The van der Waals surface area contributed by atoms with Gasteiger partial charge in [-0.15, -0.1) is 11.6 Å². The zero-order chi connectivity index (χ0) is 17.7. The Balaban J connectivity index is 2.01. The van der Waals surface area contributed by atoms with Crippen LogP contribution in [0.5, 0.6) is 0 Å². The SMILES string of the molecule is Cc1nn(CCCl)c(C)c1C(=O)NC(C)CC(O)c1ccccc1. The number of carbonyl (C=O) groups is 1. The number of aromatic nitrogens is 2. The van der Waals surface area contributed by atoms with Gasteiger partial charge in [0.15, 0.2) is 0 Å². The monoisotopic (exact) mass is 349 g/mol. The van der Waals surface area contributed by atoms with E-state index in [0.717, 1.165) is 11.3 Å². The van der Waals surface area contributed by atoms with Crippen molar-refractivity contribution < 1.29 is 9.90 Å². The quantitative estimate of drug-likeness (QED) is 0.755. The standard InChI is InChI=1S/C18H24ClN3O2/c1-12(11-16(23)15-7-5-4-6-8-15)20-18(24)17-13(2)21-22(10-9-19)14(17)3/h4-8,12,16,23H,9-11H2,1-3H3,(H,20,24). The molecule has 2 N–H and O–H groups in total. The lowest BCUT2D eigenvalue weighted by Crippen LogP contribution is -2.34. The van der Waals surface area contributed by atoms with Gasteiger partial charge in [0.1, 0.15) is 0 Å². The second-order valence-corrected chi connectivity index (χ2v) is 6.37. The number of aliphatic hydroxyl groups excluding tert-OH is 1. The molecule has 6 heteroatoms. The number of amides is 1. The topological polar surface area (TPSA) is 67.2 Å². The summed E-state index contributed by atoms with van der Waals surface area (Å²) in [6.07, 6.45) is -0.161. The number of aliphatic hydroxyl groups is 1. The van der Waals surface area contributed by atoms with Crippen LogP contribution in [0.3, 0.4) is 0 Å². The molecule has 0 aliphatic carbocycles. The molecule has 0 saturated carbocycles. The molecule has 0 aliphatic rings. The second kappa shape index (κ2) is 8.31. The van der Waals surface area contributed by atoms with Crippen molar-refractivity contribution in [1.29, 1.82) is 0 Å². The van der Waals surface area contributed by atoms with E-state index in [0.29, 0.717) is 30.1 Å². The number of hydrogen-bond acceptors (Lipinski definition) is 3. The minimum absolute atomic E-state index is 0.164. The van der Waals surface area contributed by atoms with Crippen LogP contribution in [-0.2, 0) is 6.54 Å². The van der Waals surface area contributed by atoms with E-state index < -0.39 is 6.10 Å². The smallest absolute Gasteiger partial charge is 0.255 e. The van der Waals surface area contributed by atoms with Gasteiger partial charge in [-0.25, -0.2) is 0 Å². The number of halogens is 1. The minimum Gasteiger partial charge on any atom is -0.388 e. The Morgan fingerprint density at radius 1 is 1.33 bits per heavy atom. The highest BCUT2D eigenvalue weighted by molar-refractivity contribution is 6.17. The molecule has 0 bridgehead atoms. The Labute approximate surface area is 147 Å². The van der Waals surface area contributed by atoms with Crippen LogP contribution in [-0.4, -0.2) is 32.7 Å². The number of carbonyl (C=O) groups excluding carboxylic acids is 1. The molecule has 5 nitrogen and oxygen atoms in total. The third-order valence-electron chi connectivity index (χ3n) is 4.04. The first-order chi connectivity index (χ1) is 11.4. The van der Waals surface area contributed by atoms with Crippen LogP contribution in [0, 0.1) is 13.8 Å². The molecule has 0 aliphatic heterocycles. The van der Waals surface area contributed by atoms with Crippen LogP contribution < -0.4 is 5.32 Å². The molecule has 2 rings (SSSR count). The van der Waals surface area contributed by atoms with E-state index in [2.05, 4.69) is 10.4 Å². The molecule has 1 aromatic carbocycles. The molecule has 0 radical (unpaired) electrons. The first-order valence-corrected chi connectivity index (χ1v) is 8.61. The fourth-order valence-electron chi connectivity index (χ4n) is 2.82. The summed E-state index contributed by atoms with van der Waals surface area (Å²) in [6.45, 7) is 6.14. The lowest BCUT2D eigenvalue weighted by molar-refractivity contribution is 0.0915. The van der Waals surface area contributed by atoms with Crippen molar-refractivity contribution in [2.45, 2.75) is 45.9 Å². The van der Waals surface area contributed by atoms with Crippen molar-refractivity contribution in [3.05, 3.63) is 52.8 Å². The zero-order valence-electron chi connectivity index (χ0n) is 14.3. The number of nitrogens with zero attached hydrogens (tertiary/aromatic N) is 2. The van der Waals surface area contributed by atoms with Crippen molar-refractivity contribution in [3.8, 4) is 0 Å². The summed E-state index contributed by atoms with van der Waals surface area (Å²) in [5, 5.41) is 17.6. The molecular formula is C18H24ClN3O2. The number of aryl methyl sites for hydroxylation is 2. The van der Waals surface area contributed by atoms with Gasteiger partial charge in [0.2, 0.25) is 0 Å². The summed E-state index contributed by atoms with van der Waals surface area (Å²) in [4.78, 5) is 12.6. The molecule has 1 amide bonds. The summed E-state index contributed by atoms with van der Waals surface area (Å²) in [5.41, 5.74) is 2.93. The van der Waals surface area contributed by atoms with Crippen molar-refractivity contribution in [1.82, 2.24) is 15.1 Å². The number of benzene rings is 1. The van der Waals surface area contributed by atoms with Crippen LogP contribution in [0.15, 0.2) is 30.3 Å². The molecule has 2 atom stereocenters. The average molecular weight is 350 g/mol. The van der Waals surface area contributed by atoms with Crippen LogP contribution >= 0.6 is 11.6 Å². The Hall–Kier alpha value is -1.85. The third-order valence-corrected chi connectivity index (χ3v) is 4.21. The van der Waals surface area contributed by atoms with Gasteiger partial charge >= 0.3 is 0 Å².